The third kappa shape index (κ3) is 4.73. The largest absolute Gasteiger partial charge is 0.418 e. The summed E-state index contributed by atoms with van der Waals surface area (Å²) in [7, 11) is 0. The first-order chi connectivity index (χ1) is 12.8. The number of alkyl halides is 3. The number of hydrogen-bond acceptors (Lipinski definition) is 4. The molecule has 0 saturated carbocycles. The van der Waals surface area contributed by atoms with E-state index in [0.29, 0.717) is 10.7 Å². The Bertz CT molecular complexity index is 944. The van der Waals surface area contributed by atoms with Crippen LogP contribution in [0.3, 0.4) is 0 Å². The molecule has 2 aromatic carbocycles. The van der Waals surface area contributed by atoms with Crippen LogP contribution < -0.4 is 10.6 Å². The highest BCUT2D eigenvalue weighted by Crippen LogP contribution is 2.35. The van der Waals surface area contributed by atoms with Crippen LogP contribution in [0.15, 0.2) is 60.9 Å². The van der Waals surface area contributed by atoms with E-state index in [1.54, 1.807) is 24.3 Å². The van der Waals surface area contributed by atoms with Crippen LogP contribution in [0.5, 0.6) is 0 Å². The summed E-state index contributed by atoms with van der Waals surface area (Å²) >= 11 is 5.78. The van der Waals surface area contributed by atoms with Gasteiger partial charge in [-0.05, 0) is 36.4 Å². The van der Waals surface area contributed by atoms with Gasteiger partial charge >= 0.3 is 6.18 Å². The van der Waals surface area contributed by atoms with E-state index in [9.17, 15) is 18.0 Å². The van der Waals surface area contributed by atoms with Crippen molar-refractivity contribution in [2.24, 2.45) is 0 Å². The fraction of sp³-hybridized carbons (Fsp3) is 0.0556. The van der Waals surface area contributed by atoms with Crippen molar-refractivity contribution in [3.8, 4) is 0 Å². The third-order valence-corrected chi connectivity index (χ3v) is 3.73. The molecule has 3 rings (SSSR count). The van der Waals surface area contributed by atoms with Crippen molar-refractivity contribution in [2.45, 2.75) is 6.18 Å². The minimum Gasteiger partial charge on any atom is -0.338 e. The van der Waals surface area contributed by atoms with Gasteiger partial charge in [-0.25, -0.2) is 9.97 Å². The van der Waals surface area contributed by atoms with E-state index in [1.165, 1.54) is 30.6 Å². The van der Waals surface area contributed by atoms with E-state index < -0.39 is 17.6 Å². The van der Waals surface area contributed by atoms with Crippen molar-refractivity contribution in [1.82, 2.24) is 9.97 Å². The molecule has 1 amide bonds. The maximum Gasteiger partial charge on any atom is 0.418 e. The van der Waals surface area contributed by atoms with Gasteiger partial charge in [-0.1, -0.05) is 23.7 Å². The van der Waals surface area contributed by atoms with Crippen molar-refractivity contribution in [1.29, 1.82) is 0 Å². The van der Waals surface area contributed by atoms with Gasteiger partial charge in [-0.15, -0.1) is 0 Å². The summed E-state index contributed by atoms with van der Waals surface area (Å²) < 4.78 is 39.0. The molecule has 0 aliphatic carbocycles. The first kappa shape index (κ1) is 18.7. The van der Waals surface area contributed by atoms with Gasteiger partial charge in [0.25, 0.3) is 5.91 Å². The lowest BCUT2D eigenvalue weighted by Gasteiger charge is -2.13. The van der Waals surface area contributed by atoms with Crippen LogP contribution >= 0.6 is 11.6 Å². The van der Waals surface area contributed by atoms with Crippen molar-refractivity contribution in [3.05, 3.63) is 77.2 Å². The van der Waals surface area contributed by atoms with Gasteiger partial charge in [0, 0.05) is 10.7 Å². The zero-order chi connectivity index (χ0) is 19.4. The summed E-state index contributed by atoms with van der Waals surface area (Å²) in [6.07, 6.45) is -2.15. The highest BCUT2D eigenvalue weighted by atomic mass is 35.5. The van der Waals surface area contributed by atoms with Crippen LogP contribution in [0, 0.1) is 0 Å². The summed E-state index contributed by atoms with van der Waals surface area (Å²) in [5.41, 5.74) is -0.443. The molecule has 27 heavy (non-hydrogen) atoms. The Labute approximate surface area is 157 Å². The van der Waals surface area contributed by atoms with Crippen molar-refractivity contribution in [2.75, 3.05) is 10.6 Å². The predicted molar refractivity (Wildman–Crippen MR) is 96.2 cm³/mol. The van der Waals surface area contributed by atoms with Gasteiger partial charge in [0.2, 0.25) is 0 Å². The number of carbonyl (C=O) groups excluding carboxylic acids is 1. The molecule has 1 aromatic heterocycles. The number of anilines is 3. The Morgan fingerprint density at radius 1 is 0.963 bits per heavy atom. The average Bonchev–Trinajstić information content (AvgIpc) is 2.64. The number of benzene rings is 2. The second kappa shape index (κ2) is 7.63. The molecule has 0 aliphatic rings. The molecule has 2 N–H and O–H groups in total. The number of amides is 1. The molecular weight excluding hydrogens is 381 g/mol. The van der Waals surface area contributed by atoms with Gasteiger partial charge < -0.3 is 10.6 Å². The number of carbonyl (C=O) groups is 1. The Morgan fingerprint density at radius 3 is 2.30 bits per heavy atom. The molecule has 3 aromatic rings. The molecule has 9 heteroatoms. The number of hydrogen-bond donors (Lipinski definition) is 2. The molecule has 5 nitrogen and oxygen atoms in total. The van der Waals surface area contributed by atoms with Crippen LogP contribution in [-0.4, -0.2) is 15.9 Å². The van der Waals surface area contributed by atoms with Crippen LogP contribution in [0.2, 0.25) is 5.02 Å². The summed E-state index contributed by atoms with van der Waals surface area (Å²) in [5, 5.41) is 5.71. The second-order valence-electron chi connectivity index (χ2n) is 5.42. The summed E-state index contributed by atoms with van der Waals surface area (Å²) in [6.45, 7) is 0. The number of rotatable bonds is 4. The minimum absolute atomic E-state index is 0.0135. The van der Waals surface area contributed by atoms with E-state index in [0.717, 1.165) is 6.07 Å². The Kier molecular flexibility index (Phi) is 5.27. The molecule has 138 valence electrons. The molecule has 0 radical (unpaired) electrons. The van der Waals surface area contributed by atoms with Gasteiger partial charge in [0.15, 0.2) is 0 Å². The standard InChI is InChI=1S/C18H12ClF3N4O/c19-11-5-7-12(8-6-11)25-17(27)15-9-24-16(10-23-15)26-14-4-2-1-3-13(14)18(20,21)22/h1-10H,(H,24,26)(H,25,27). The lowest BCUT2D eigenvalue weighted by molar-refractivity contribution is -0.136. The molecule has 0 saturated heterocycles. The second-order valence-corrected chi connectivity index (χ2v) is 5.85. The van der Waals surface area contributed by atoms with Crippen molar-refractivity contribution in [3.63, 3.8) is 0 Å². The number of aromatic nitrogens is 2. The zero-order valence-corrected chi connectivity index (χ0v) is 14.3. The number of nitrogens with one attached hydrogen (secondary N) is 2. The number of nitrogens with zero attached hydrogens (tertiary/aromatic N) is 2. The van der Waals surface area contributed by atoms with Crippen molar-refractivity contribution >= 4 is 34.7 Å². The summed E-state index contributed by atoms with van der Waals surface area (Å²) in [4.78, 5) is 20.0. The van der Waals surface area contributed by atoms with Gasteiger partial charge in [0.1, 0.15) is 11.5 Å². The fourth-order valence-corrected chi connectivity index (χ4v) is 2.34. The Balaban J connectivity index is 1.72. The van der Waals surface area contributed by atoms with E-state index in [2.05, 4.69) is 20.6 Å². The van der Waals surface area contributed by atoms with Crippen molar-refractivity contribution < 1.29 is 18.0 Å². The first-order valence-electron chi connectivity index (χ1n) is 7.65. The number of para-hydroxylation sites is 1. The monoisotopic (exact) mass is 392 g/mol. The first-order valence-corrected chi connectivity index (χ1v) is 8.03. The van der Waals surface area contributed by atoms with E-state index in [1.807, 2.05) is 0 Å². The maximum atomic E-state index is 13.0. The maximum absolute atomic E-state index is 13.0. The van der Waals surface area contributed by atoms with Crippen LogP contribution in [0.4, 0.5) is 30.4 Å². The summed E-state index contributed by atoms with van der Waals surface area (Å²) in [5.74, 6) is -0.429. The SMILES string of the molecule is O=C(Nc1ccc(Cl)cc1)c1cnc(Nc2ccccc2C(F)(F)F)cn1. The van der Waals surface area contributed by atoms with Gasteiger partial charge in [-0.2, -0.15) is 13.2 Å². The van der Waals surface area contributed by atoms with Crippen LogP contribution in [0.1, 0.15) is 16.1 Å². The fourth-order valence-electron chi connectivity index (χ4n) is 2.22. The van der Waals surface area contributed by atoms with Gasteiger partial charge in [-0.3, -0.25) is 4.79 Å². The molecule has 0 atom stereocenters. The molecule has 0 bridgehead atoms. The Morgan fingerprint density at radius 2 is 1.67 bits per heavy atom. The molecule has 0 unspecified atom stereocenters. The minimum atomic E-state index is -4.50. The van der Waals surface area contributed by atoms with Crippen LogP contribution in [0.25, 0.3) is 0 Å². The lowest BCUT2D eigenvalue weighted by Crippen LogP contribution is -2.14. The predicted octanol–water partition coefficient (Wildman–Crippen LogP) is 5.14. The quantitative estimate of drug-likeness (QED) is 0.644. The smallest absolute Gasteiger partial charge is 0.338 e. The molecule has 1 heterocycles. The van der Waals surface area contributed by atoms with E-state index in [4.69, 9.17) is 11.6 Å². The highest BCUT2D eigenvalue weighted by molar-refractivity contribution is 6.30. The highest BCUT2D eigenvalue weighted by Gasteiger charge is 2.33. The number of halogens is 4. The molecule has 0 aliphatic heterocycles. The topological polar surface area (TPSA) is 66.9 Å². The normalized spacial score (nSPS) is 11.1. The van der Waals surface area contributed by atoms with E-state index >= 15 is 0 Å². The van der Waals surface area contributed by atoms with E-state index in [-0.39, 0.29) is 17.2 Å². The zero-order valence-electron chi connectivity index (χ0n) is 13.6. The molecule has 0 fully saturated rings. The lowest BCUT2D eigenvalue weighted by atomic mass is 10.1. The van der Waals surface area contributed by atoms with Crippen LogP contribution in [-0.2, 0) is 6.18 Å². The Hall–Kier alpha value is -3.13. The summed E-state index contributed by atoms with van der Waals surface area (Å²) in [6, 6.07) is 11.5. The average molecular weight is 393 g/mol. The third-order valence-electron chi connectivity index (χ3n) is 3.48. The van der Waals surface area contributed by atoms with Gasteiger partial charge in [0.05, 0.1) is 23.6 Å². The molecule has 0 spiro atoms. The molecular formula is C18H12ClF3N4O.